The number of fused-ring (bicyclic) bond motifs is 1. The Morgan fingerprint density at radius 1 is 1.19 bits per heavy atom. The summed E-state index contributed by atoms with van der Waals surface area (Å²) in [5.74, 6) is 0.0238. The lowest BCUT2D eigenvalue weighted by molar-refractivity contribution is 0.101. The van der Waals surface area contributed by atoms with Gasteiger partial charge in [0.2, 0.25) is 0 Å². The van der Waals surface area contributed by atoms with Gasteiger partial charge in [-0.1, -0.05) is 18.2 Å². The van der Waals surface area contributed by atoms with Gasteiger partial charge in [0.05, 0.1) is 10.2 Å². The lowest BCUT2D eigenvalue weighted by Crippen LogP contribution is -2.18. The van der Waals surface area contributed by atoms with Crippen LogP contribution < -0.4 is 5.32 Å². The molecule has 4 aromatic rings. The molecule has 4 rings (SSSR count). The molecule has 0 aliphatic carbocycles. The number of hydrogen-bond acceptors (Lipinski definition) is 3. The Kier molecular flexibility index (Phi) is 4.26. The Bertz CT molecular complexity index is 1060. The topological polar surface area (TPSA) is 46.9 Å². The average Bonchev–Trinajstić information content (AvgIpc) is 3.21. The molecular weight excluding hydrogens is 349 g/mol. The van der Waals surface area contributed by atoms with E-state index in [1.165, 1.54) is 12.1 Å². The van der Waals surface area contributed by atoms with Crippen molar-refractivity contribution in [2.24, 2.45) is 0 Å². The van der Waals surface area contributed by atoms with Gasteiger partial charge >= 0.3 is 0 Å². The maximum absolute atomic E-state index is 13.2. The van der Waals surface area contributed by atoms with Gasteiger partial charge in [0.15, 0.2) is 0 Å². The highest BCUT2D eigenvalue weighted by Crippen LogP contribution is 2.27. The summed E-state index contributed by atoms with van der Waals surface area (Å²) >= 11 is 1.58. The van der Waals surface area contributed by atoms with E-state index in [4.69, 9.17) is 0 Å². The summed E-state index contributed by atoms with van der Waals surface area (Å²) in [6, 6.07) is 13.9. The number of amides is 1. The number of thiophene rings is 1. The van der Waals surface area contributed by atoms with Crippen LogP contribution in [0.2, 0.25) is 0 Å². The molecule has 1 N–H and O–H groups in total. The highest BCUT2D eigenvalue weighted by Gasteiger charge is 2.17. The second kappa shape index (κ2) is 6.72. The van der Waals surface area contributed by atoms with E-state index < -0.39 is 0 Å². The van der Waals surface area contributed by atoms with Crippen molar-refractivity contribution in [3.8, 4) is 0 Å². The molecule has 0 spiro atoms. The Labute approximate surface area is 153 Å². The van der Waals surface area contributed by atoms with Gasteiger partial charge in [-0.3, -0.25) is 4.79 Å². The summed E-state index contributed by atoms with van der Waals surface area (Å²) in [6.07, 6.45) is 1.71. The van der Waals surface area contributed by atoms with Crippen LogP contribution in [0.3, 0.4) is 0 Å². The second-order valence-corrected chi connectivity index (χ2v) is 7.03. The molecule has 0 unspecified atom stereocenters. The van der Waals surface area contributed by atoms with Crippen molar-refractivity contribution in [1.29, 1.82) is 0 Å². The summed E-state index contributed by atoms with van der Waals surface area (Å²) in [7, 11) is 0. The molecule has 0 radical (unpaired) electrons. The van der Waals surface area contributed by atoms with Crippen LogP contribution in [0.4, 0.5) is 10.2 Å². The van der Waals surface area contributed by atoms with Gasteiger partial charge < -0.3 is 9.88 Å². The summed E-state index contributed by atoms with van der Waals surface area (Å²) < 4.78 is 16.2. The first-order chi connectivity index (χ1) is 12.6. The van der Waals surface area contributed by atoms with Crippen molar-refractivity contribution < 1.29 is 9.18 Å². The first kappa shape index (κ1) is 16.5. The van der Waals surface area contributed by atoms with E-state index in [1.807, 2.05) is 35.1 Å². The predicted octanol–water partition coefficient (Wildman–Crippen LogP) is 4.85. The molecule has 0 aliphatic rings. The number of nitrogens with zero attached hydrogens (tertiary/aromatic N) is 2. The number of anilines is 1. The van der Waals surface area contributed by atoms with Gasteiger partial charge in [0.25, 0.3) is 5.91 Å². The standard InChI is InChI=1S/C20H16FN3OS/c1-13-2-7-19(22-11-13)23-20(25)17-10-18-16(8-9-26-18)24(17)12-14-3-5-15(21)6-4-14/h2-11H,12H2,1H3,(H,22,23,25). The second-order valence-electron chi connectivity index (χ2n) is 6.09. The Morgan fingerprint density at radius 3 is 2.73 bits per heavy atom. The normalized spacial score (nSPS) is 11.0. The van der Waals surface area contributed by atoms with Gasteiger partial charge in [0.1, 0.15) is 17.3 Å². The number of aryl methyl sites for hydroxylation is 1. The quantitative estimate of drug-likeness (QED) is 0.562. The molecule has 0 saturated carbocycles. The van der Waals surface area contributed by atoms with Gasteiger partial charge in [-0.25, -0.2) is 9.37 Å². The first-order valence-corrected chi connectivity index (χ1v) is 9.03. The summed E-state index contributed by atoms with van der Waals surface area (Å²) in [5.41, 5.74) is 3.50. The Morgan fingerprint density at radius 2 is 2.00 bits per heavy atom. The van der Waals surface area contributed by atoms with Crippen molar-refractivity contribution in [2.75, 3.05) is 5.32 Å². The number of nitrogens with one attached hydrogen (secondary N) is 1. The number of rotatable bonds is 4. The van der Waals surface area contributed by atoms with Crippen molar-refractivity contribution in [3.05, 3.63) is 82.7 Å². The number of pyridine rings is 1. The summed E-state index contributed by atoms with van der Waals surface area (Å²) in [5, 5.41) is 4.84. The van der Waals surface area contributed by atoms with Gasteiger partial charge in [-0.05, 0) is 53.8 Å². The van der Waals surface area contributed by atoms with E-state index in [0.717, 1.165) is 21.3 Å². The van der Waals surface area contributed by atoms with E-state index in [2.05, 4.69) is 10.3 Å². The SMILES string of the molecule is Cc1ccc(NC(=O)c2cc3sccc3n2Cc2ccc(F)cc2)nc1. The molecule has 4 nitrogen and oxygen atoms in total. The molecule has 26 heavy (non-hydrogen) atoms. The third kappa shape index (κ3) is 3.23. The van der Waals surface area contributed by atoms with Crippen molar-refractivity contribution >= 4 is 33.3 Å². The molecule has 6 heteroatoms. The molecule has 0 atom stereocenters. The Hall–Kier alpha value is -2.99. The fraction of sp³-hybridized carbons (Fsp3) is 0.100. The zero-order valence-electron chi connectivity index (χ0n) is 14.1. The number of carbonyl (C=O) groups is 1. The highest BCUT2D eigenvalue weighted by atomic mass is 32.1. The fourth-order valence-corrected chi connectivity index (χ4v) is 3.65. The molecule has 0 aliphatic heterocycles. The zero-order valence-corrected chi connectivity index (χ0v) is 14.9. The maximum atomic E-state index is 13.2. The average molecular weight is 365 g/mol. The van der Waals surface area contributed by atoms with E-state index >= 15 is 0 Å². The van der Waals surface area contributed by atoms with E-state index in [1.54, 1.807) is 35.7 Å². The van der Waals surface area contributed by atoms with Crippen LogP contribution in [0.25, 0.3) is 10.2 Å². The highest BCUT2D eigenvalue weighted by molar-refractivity contribution is 7.17. The van der Waals surface area contributed by atoms with Crippen molar-refractivity contribution in [1.82, 2.24) is 9.55 Å². The van der Waals surface area contributed by atoms with Crippen LogP contribution in [0.5, 0.6) is 0 Å². The first-order valence-electron chi connectivity index (χ1n) is 8.15. The molecule has 3 aromatic heterocycles. The van der Waals surface area contributed by atoms with E-state index in [0.29, 0.717) is 18.1 Å². The number of aromatic nitrogens is 2. The lowest BCUT2D eigenvalue weighted by Gasteiger charge is -2.11. The van der Waals surface area contributed by atoms with Gasteiger partial charge in [-0.2, -0.15) is 0 Å². The molecule has 0 bridgehead atoms. The van der Waals surface area contributed by atoms with Crippen LogP contribution in [0.15, 0.2) is 60.1 Å². The third-order valence-electron chi connectivity index (χ3n) is 4.16. The number of carbonyl (C=O) groups excluding carboxylic acids is 1. The molecule has 0 saturated heterocycles. The minimum atomic E-state index is -0.273. The molecule has 3 heterocycles. The minimum Gasteiger partial charge on any atom is -0.331 e. The predicted molar refractivity (Wildman–Crippen MR) is 102 cm³/mol. The number of halogens is 1. The molecule has 0 fully saturated rings. The number of hydrogen-bond donors (Lipinski definition) is 1. The zero-order chi connectivity index (χ0) is 18.1. The fourth-order valence-electron chi connectivity index (χ4n) is 2.83. The van der Waals surface area contributed by atoms with Crippen molar-refractivity contribution in [2.45, 2.75) is 13.5 Å². The summed E-state index contributed by atoms with van der Waals surface area (Å²) in [6.45, 7) is 2.44. The van der Waals surface area contributed by atoms with Crippen molar-refractivity contribution in [3.63, 3.8) is 0 Å². The van der Waals surface area contributed by atoms with Crippen LogP contribution >= 0.6 is 11.3 Å². The maximum Gasteiger partial charge on any atom is 0.273 e. The van der Waals surface area contributed by atoms with Crippen LogP contribution in [-0.2, 0) is 6.54 Å². The van der Waals surface area contributed by atoms with E-state index in [9.17, 15) is 9.18 Å². The third-order valence-corrected chi connectivity index (χ3v) is 5.02. The van der Waals surface area contributed by atoms with Crippen LogP contribution in [-0.4, -0.2) is 15.5 Å². The smallest absolute Gasteiger partial charge is 0.273 e. The van der Waals surface area contributed by atoms with Gasteiger partial charge in [-0.15, -0.1) is 11.3 Å². The van der Waals surface area contributed by atoms with E-state index in [-0.39, 0.29) is 11.7 Å². The molecular formula is C20H16FN3OS. The molecule has 130 valence electrons. The number of benzene rings is 1. The monoisotopic (exact) mass is 365 g/mol. The molecule has 1 aromatic carbocycles. The molecule has 1 amide bonds. The Balaban J connectivity index is 1.67. The summed E-state index contributed by atoms with van der Waals surface area (Å²) in [4.78, 5) is 17.0. The van der Waals surface area contributed by atoms with Gasteiger partial charge in [0, 0.05) is 12.7 Å². The largest absolute Gasteiger partial charge is 0.331 e. The van der Waals surface area contributed by atoms with Crippen LogP contribution in [0, 0.1) is 12.7 Å². The minimum absolute atomic E-state index is 0.216. The lowest BCUT2D eigenvalue weighted by atomic mass is 10.2. The van der Waals surface area contributed by atoms with Crippen LogP contribution in [0.1, 0.15) is 21.6 Å².